The fourth-order valence-electron chi connectivity index (χ4n) is 2.46. The highest BCUT2D eigenvalue weighted by molar-refractivity contribution is 9.10. The average Bonchev–Trinajstić information content (AvgIpc) is 2.75. The van der Waals surface area contributed by atoms with Gasteiger partial charge in [0, 0.05) is 4.47 Å². The summed E-state index contributed by atoms with van der Waals surface area (Å²) >= 11 is 4.43. The molecular weight excluding hydrogens is 376 g/mol. The van der Waals surface area contributed by atoms with Crippen LogP contribution in [0.15, 0.2) is 33.6 Å². The lowest BCUT2D eigenvalue weighted by Gasteiger charge is -2.25. The van der Waals surface area contributed by atoms with Gasteiger partial charge in [0.25, 0.3) is 11.1 Å². The summed E-state index contributed by atoms with van der Waals surface area (Å²) in [5.74, 6) is -0.197. The van der Waals surface area contributed by atoms with Gasteiger partial charge in [0.05, 0.1) is 11.6 Å². The number of hydrogen-bond donors (Lipinski definition) is 0. The molecule has 2 amide bonds. The predicted octanol–water partition coefficient (Wildman–Crippen LogP) is 4.56. The van der Waals surface area contributed by atoms with Crippen molar-refractivity contribution in [3.8, 4) is 0 Å². The summed E-state index contributed by atoms with van der Waals surface area (Å²) in [6.45, 7) is 6.36. The first-order chi connectivity index (χ1) is 11.0. The first kappa shape index (κ1) is 18.2. The Labute approximate surface area is 150 Å². The van der Waals surface area contributed by atoms with Crippen LogP contribution in [-0.2, 0) is 4.79 Å². The van der Waals surface area contributed by atoms with Crippen LogP contribution >= 0.6 is 27.7 Å². The third-order valence-electron chi connectivity index (χ3n) is 3.44. The fourth-order valence-corrected chi connectivity index (χ4v) is 3.70. The second-order valence-electron chi connectivity index (χ2n) is 5.42. The normalized spacial score (nSPS) is 16.9. The fraction of sp³-hybridized carbons (Fsp3) is 0.412. The standard InChI is InChI=1S/C17H21BrN2O2S/c1-3-8-19(9-4-2)12-20-16(21)15(23-17(20)22)11-13-6-5-7-14(18)10-13/h5-7,10-11H,3-4,8-9,12H2,1-2H3. The number of thioether (sulfide) groups is 1. The van der Waals surface area contributed by atoms with E-state index < -0.39 is 0 Å². The SMILES string of the molecule is CCCN(CCC)CN1C(=O)SC(=Cc2cccc(Br)c2)C1=O. The third-order valence-corrected chi connectivity index (χ3v) is 4.84. The van der Waals surface area contributed by atoms with Crippen LogP contribution in [0.2, 0.25) is 0 Å². The van der Waals surface area contributed by atoms with E-state index in [1.165, 1.54) is 4.90 Å². The van der Waals surface area contributed by atoms with Crippen LogP contribution in [0.5, 0.6) is 0 Å². The van der Waals surface area contributed by atoms with Gasteiger partial charge in [-0.05, 0) is 61.5 Å². The van der Waals surface area contributed by atoms with E-state index >= 15 is 0 Å². The van der Waals surface area contributed by atoms with Crippen LogP contribution in [0, 0.1) is 0 Å². The molecule has 6 heteroatoms. The van der Waals surface area contributed by atoms with Crippen LogP contribution in [-0.4, -0.2) is 40.7 Å². The molecule has 0 unspecified atom stereocenters. The van der Waals surface area contributed by atoms with Crippen LogP contribution < -0.4 is 0 Å². The van der Waals surface area contributed by atoms with E-state index in [9.17, 15) is 9.59 Å². The Balaban J connectivity index is 2.13. The Kier molecular flexibility index (Phi) is 6.87. The molecule has 0 aliphatic carbocycles. The summed E-state index contributed by atoms with van der Waals surface area (Å²) in [5, 5.41) is -0.187. The van der Waals surface area contributed by atoms with Gasteiger partial charge in [0.15, 0.2) is 0 Å². The van der Waals surface area contributed by atoms with E-state index in [1.54, 1.807) is 6.08 Å². The minimum absolute atomic E-state index is 0.187. The first-order valence-electron chi connectivity index (χ1n) is 7.78. The quantitative estimate of drug-likeness (QED) is 0.633. The lowest BCUT2D eigenvalue weighted by atomic mass is 10.2. The van der Waals surface area contributed by atoms with E-state index in [0.29, 0.717) is 11.6 Å². The Morgan fingerprint density at radius 3 is 2.52 bits per heavy atom. The summed E-state index contributed by atoms with van der Waals surface area (Å²) in [6.07, 6.45) is 3.79. The average molecular weight is 397 g/mol. The Hall–Kier alpha value is -1.11. The van der Waals surface area contributed by atoms with Gasteiger partial charge in [-0.3, -0.25) is 19.4 Å². The van der Waals surface area contributed by atoms with Crippen molar-refractivity contribution in [2.75, 3.05) is 19.8 Å². The zero-order chi connectivity index (χ0) is 16.8. The zero-order valence-corrected chi connectivity index (χ0v) is 15.8. The summed E-state index contributed by atoms with van der Waals surface area (Å²) in [7, 11) is 0. The van der Waals surface area contributed by atoms with Crippen LogP contribution in [0.4, 0.5) is 4.79 Å². The molecule has 23 heavy (non-hydrogen) atoms. The molecule has 0 N–H and O–H groups in total. The molecule has 1 heterocycles. The number of carbonyl (C=O) groups excluding carboxylic acids is 2. The molecule has 2 rings (SSSR count). The molecule has 1 aliphatic heterocycles. The van der Waals surface area contributed by atoms with E-state index in [4.69, 9.17) is 0 Å². The van der Waals surface area contributed by atoms with Crippen molar-refractivity contribution in [3.05, 3.63) is 39.2 Å². The highest BCUT2D eigenvalue weighted by Gasteiger charge is 2.35. The lowest BCUT2D eigenvalue weighted by Crippen LogP contribution is -2.41. The number of carbonyl (C=O) groups is 2. The number of imide groups is 1. The Bertz CT molecular complexity index is 612. The maximum Gasteiger partial charge on any atom is 0.294 e. The van der Waals surface area contributed by atoms with Gasteiger partial charge < -0.3 is 0 Å². The molecule has 0 aromatic heterocycles. The lowest BCUT2D eigenvalue weighted by molar-refractivity contribution is -0.124. The third kappa shape index (κ3) is 4.93. The number of hydrogen-bond acceptors (Lipinski definition) is 4. The molecule has 1 aromatic rings. The van der Waals surface area contributed by atoms with Gasteiger partial charge in [0.2, 0.25) is 0 Å². The molecule has 1 fully saturated rings. The summed E-state index contributed by atoms with van der Waals surface area (Å²) in [5.41, 5.74) is 0.906. The van der Waals surface area contributed by atoms with Gasteiger partial charge in [-0.1, -0.05) is 41.9 Å². The molecular formula is C17H21BrN2O2S. The molecule has 124 valence electrons. The second kappa shape index (κ2) is 8.66. The molecule has 0 atom stereocenters. The van der Waals surface area contributed by atoms with E-state index in [-0.39, 0.29) is 11.1 Å². The van der Waals surface area contributed by atoms with Crippen molar-refractivity contribution in [1.82, 2.24) is 9.80 Å². The smallest absolute Gasteiger partial charge is 0.286 e. The molecule has 1 saturated heterocycles. The van der Waals surface area contributed by atoms with Crippen molar-refractivity contribution < 1.29 is 9.59 Å². The maximum atomic E-state index is 12.5. The number of halogens is 1. The summed E-state index contributed by atoms with van der Waals surface area (Å²) in [4.78, 5) is 28.7. The Morgan fingerprint density at radius 1 is 1.22 bits per heavy atom. The summed E-state index contributed by atoms with van der Waals surface area (Å²) in [6, 6.07) is 7.68. The van der Waals surface area contributed by atoms with E-state index in [2.05, 4.69) is 34.7 Å². The van der Waals surface area contributed by atoms with Crippen molar-refractivity contribution in [2.45, 2.75) is 26.7 Å². The number of rotatable bonds is 7. The highest BCUT2D eigenvalue weighted by Crippen LogP contribution is 2.32. The molecule has 0 saturated carbocycles. The van der Waals surface area contributed by atoms with Crippen LogP contribution in [0.25, 0.3) is 6.08 Å². The van der Waals surface area contributed by atoms with Gasteiger partial charge >= 0.3 is 0 Å². The van der Waals surface area contributed by atoms with Crippen molar-refractivity contribution in [2.24, 2.45) is 0 Å². The summed E-state index contributed by atoms with van der Waals surface area (Å²) < 4.78 is 0.947. The predicted molar refractivity (Wildman–Crippen MR) is 99.0 cm³/mol. The number of amides is 2. The molecule has 0 spiro atoms. The molecule has 1 aromatic carbocycles. The van der Waals surface area contributed by atoms with Crippen LogP contribution in [0.3, 0.4) is 0 Å². The monoisotopic (exact) mass is 396 g/mol. The topological polar surface area (TPSA) is 40.6 Å². The minimum atomic E-state index is -0.197. The van der Waals surface area contributed by atoms with Gasteiger partial charge in [-0.25, -0.2) is 0 Å². The van der Waals surface area contributed by atoms with Gasteiger partial charge in [-0.2, -0.15) is 0 Å². The van der Waals surface area contributed by atoms with Gasteiger partial charge in [-0.15, -0.1) is 0 Å². The van der Waals surface area contributed by atoms with Crippen molar-refractivity contribution in [3.63, 3.8) is 0 Å². The molecule has 0 bridgehead atoms. The molecule has 0 radical (unpaired) electrons. The van der Waals surface area contributed by atoms with Crippen molar-refractivity contribution >= 4 is 44.9 Å². The van der Waals surface area contributed by atoms with E-state index in [1.807, 2.05) is 24.3 Å². The first-order valence-corrected chi connectivity index (χ1v) is 9.39. The second-order valence-corrected chi connectivity index (χ2v) is 7.33. The Morgan fingerprint density at radius 2 is 1.91 bits per heavy atom. The minimum Gasteiger partial charge on any atom is -0.286 e. The maximum absolute atomic E-state index is 12.5. The number of nitrogens with zero attached hydrogens (tertiary/aromatic N) is 2. The van der Waals surface area contributed by atoms with Gasteiger partial charge in [0.1, 0.15) is 0 Å². The molecule has 1 aliphatic rings. The van der Waals surface area contributed by atoms with Crippen molar-refractivity contribution in [1.29, 1.82) is 0 Å². The highest BCUT2D eigenvalue weighted by atomic mass is 79.9. The van der Waals surface area contributed by atoms with E-state index in [0.717, 1.165) is 47.7 Å². The zero-order valence-electron chi connectivity index (χ0n) is 13.4. The largest absolute Gasteiger partial charge is 0.294 e. The molecule has 4 nitrogen and oxygen atoms in total. The van der Waals surface area contributed by atoms with Crippen LogP contribution in [0.1, 0.15) is 32.3 Å². The number of benzene rings is 1.